The van der Waals surface area contributed by atoms with Crippen LogP contribution >= 0.6 is 0 Å². The summed E-state index contributed by atoms with van der Waals surface area (Å²) in [6.07, 6.45) is 2.92. The number of hydrogen-bond acceptors (Lipinski definition) is 3. The van der Waals surface area contributed by atoms with Gasteiger partial charge in [0, 0.05) is 37.8 Å². The molecule has 2 aliphatic heterocycles. The smallest absolute Gasteiger partial charge is 0.318 e. The summed E-state index contributed by atoms with van der Waals surface area (Å²) in [7, 11) is 0. The average molecular weight is 458 g/mol. The van der Waals surface area contributed by atoms with Crippen LogP contribution in [-0.4, -0.2) is 47.0 Å². The third kappa shape index (κ3) is 4.14. The second-order valence-corrected chi connectivity index (χ2v) is 9.59. The van der Waals surface area contributed by atoms with E-state index in [0.29, 0.717) is 18.6 Å². The number of para-hydroxylation sites is 1. The van der Waals surface area contributed by atoms with Gasteiger partial charge in [0.1, 0.15) is 17.3 Å². The molecular formula is C28H28FN3O2. The highest BCUT2D eigenvalue weighted by Crippen LogP contribution is 2.36. The molecule has 0 saturated carbocycles. The van der Waals surface area contributed by atoms with Gasteiger partial charge in [0.05, 0.1) is 0 Å². The highest BCUT2D eigenvalue weighted by molar-refractivity contribution is 5.75. The van der Waals surface area contributed by atoms with Gasteiger partial charge in [-0.2, -0.15) is 0 Å². The lowest BCUT2D eigenvalue weighted by Crippen LogP contribution is -2.54. The van der Waals surface area contributed by atoms with Gasteiger partial charge in [-0.05, 0) is 72.4 Å². The molecule has 1 aliphatic carbocycles. The first-order valence-corrected chi connectivity index (χ1v) is 12.0. The van der Waals surface area contributed by atoms with E-state index in [4.69, 9.17) is 4.74 Å². The number of amides is 2. The van der Waals surface area contributed by atoms with E-state index in [2.05, 4.69) is 10.2 Å². The summed E-state index contributed by atoms with van der Waals surface area (Å²) in [6.45, 7) is 2.16. The number of piperazine rings is 1. The molecular weight excluding hydrogens is 429 g/mol. The molecule has 0 radical (unpaired) electrons. The van der Waals surface area contributed by atoms with Gasteiger partial charge in [-0.3, -0.25) is 4.90 Å². The van der Waals surface area contributed by atoms with Crippen molar-refractivity contribution in [3.63, 3.8) is 0 Å². The maximum atomic E-state index is 13.6. The first-order chi connectivity index (χ1) is 16.6. The molecule has 2 heterocycles. The third-order valence-electron chi connectivity index (χ3n) is 7.44. The van der Waals surface area contributed by atoms with E-state index < -0.39 is 0 Å². The number of halogens is 1. The fourth-order valence-electron chi connectivity index (χ4n) is 5.77. The number of likely N-dealkylation sites (tertiary alicyclic amines) is 2. The molecule has 2 bridgehead atoms. The molecule has 34 heavy (non-hydrogen) atoms. The Kier molecular flexibility index (Phi) is 5.46. The summed E-state index contributed by atoms with van der Waals surface area (Å²) >= 11 is 0. The van der Waals surface area contributed by atoms with Gasteiger partial charge in [0.25, 0.3) is 0 Å². The predicted octanol–water partition coefficient (Wildman–Crippen LogP) is 4.75. The van der Waals surface area contributed by atoms with E-state index in [9.17, 15) is 9.18 Å². The first-order valence-electron chi connectivity index (χ1n) is 12.0. The Morgan fingerprint density at radius 1 is 0.882 bits per heavy atom. The number of urea groups is 1. The molecule has 3 unspecified atom stereocenters. The Morgan fingerprint density at radius 3 is 2.41 bits per heavy atom. The first kappa shape index (κ1) is 21.2. The molecule has 2 fully saturated rings. The summed E-state index contributed by atoms with van der Waals surface area (Å²) in [5, 5.41) is 3.09. The summed E-state index contributed by atoms with van der Waals surface area (Å²) in [5.41, 5.74) is 3.45. The van der Waals surface area contributed by atoms with Crippen molar-refractivity contribution in [1.82, 2.24) is 15.1 Å². The Labute approximate surface area is 199 Å². The van der Waals surface area contributed by atoms with E-state index >= 15 is 0 Å². The summed E-state index contributed by atoms with van der Waals surface area (Å²) in [5.74, 6) is 1.42. The quantitative estimate of drug-likeness (QED) is 0.601. The van der Waals surface area contributed by atoms with Gasteiger partial charge >= 0.3 is 6.03 Å². The van der Waals surface area contributed by atoms with Crippen molar-refractivity contribution in [3.05, 3.63) is 95.3 Å². The molecule has 6 heteroatoms. The second-order valence-electron chi connectivity index (χ2n) is 9.59. The van der Waals surface area contributed by atoms with Crippen LogP contribution in [0.15, 0.2) is 72.8 Å². The van der Waals surface area contributed by atoms with Crippen molar-refractivity contribution >= 4 is 6.03 Å². The van der Waals surface area contributed by atoms with Crippen molar-refractivity contribution in [2.45, 2.75) is 43.9 Å². The van der Waals surface area contributed by atoms with Gasteiger partial charge in [0.15, 0.2) is 0 Å². The third-order valence-corrected chi connectivity index (χ3v) is 7.44. The minimum Gasteiger partial charge on any atom is -0.457 e. The monoisotopic (exact) mass is 457 g/mol. The van der Waals surface area contributed by atoms with Crippen LogP contribution < -0.4 is 10.1 Å². The molecule has 3 atom stereocenters. The highest BCUT2D eigenvalue weighted by atomic mass is 19.1. The number of carbonyl (C=O) groups is 1. The highest BCUT2D eigenvalue weighted by Gasteiger charge is 2.48. The normalized spacial score (nSPS) is 23.2. The number of nitrogens with zero attached hydrogens (tertiary/aromatic N) is 2. The standard InChI is InChI=1S/C28H28FN3O2/c29-22-9-8-20-13-23(14-21(20)12-22)31-17-25-15-24(31)18-32(25)28(33)30-16-19-6-10-27(11-7-19)34-26-4-2-1-3-5-26/h1-12,23-25H,13-18H2,(H,30,33). The van der Waals surface area contributed by atoms with Crippen LogP contribution in [0, 0.1) is 5.82 Å². The van der Waals surface area contributed by atoms with Gasteiger partial charge in [-0.15, -0.1) is 0 Å². The molecule has 0 spiro atoms. The van der Waals surface area contributed by atoms with Crippen LogP contribution in [0.5, 0.6) is 11.5 Å². The van der Waals surface area contributed by atoms with Crippen molar-refractivity contribution in [2.24, 2.45) is 0 Å². The number of hydrogen-bond donors (Lipinski definition) is 1. The van der Waals surface area contributed by atoms with E-state index in [0.717, 1.165) is 55.0 Å². The number of benzene rings is 3. The maximum absolute atomic E-state index is 13.6. The number of fused-ring (bicyclic) bond motifs is 3. The Hall–Kier alpha value is -3.38. The molecule has 174 valence electrons. The van der Waals surface area contributed by atoms with E-state index in [-0.39, 0.29) is 17.9 Å². The Balaban J connectivity index is 1.00. The van der Waals surface area contributed by atoms with Crippen molar-refractivity contribution in [1.29, 1.82) is 0 Å². The van der Waals surface area contributed by atoms with E-state index in [1.807, 2.05) is 65.6 Å². The molecule has 2 saturated heterocycles. The van der Waals surface area contributed by atoms with Crippen molar-refractivity contribution < 1.29 is 13.9 Å². The fourth-order valence-corrected chi connectivity index (χ4v) is 5.77. The average Bonchev–Trinajstić information content (AvgIpc) is 3.58. The minimum atomic E-state index is -0.149. The lowest BCUT2D eigenvalue weighted by atomic mass is 10.1. The van der Waals surface area contributed by atoms with E-state index in [1.165, 1.54) is 5.56 Å². The minimum absolute atomic E-state index is 0.00791. The molecule has 1 N–H and O–H groups in total. The molecule has 3 aromatic rings. The van der Waals surface area contributed by atoms with Gasteiger partial charge in [-0.25, -0.2) is 9.18 Å². The molecule has 0 aromatic heterocycles. The predicted molar refractivity (Wildman–Crippen MR) is 128 cm³/mol. The van der Waals surface area contributed by atoms with Crippen LogP contribution in [0.25, 0.3) is 0 Å². The Morgan fingerprint density at radius 2 is 1.65 bits per heavy atom. The van der Waals surface area contributed by atoms with Crippen LogP contribution in [0.4, 0.5) is 9.18 Å². The maximum Gasteiger partial charge on any atom is 0.318 e. The number of rotatable bonds is 5. The molecule has 3 aromatic carbocycles. The topological polar surface area (TPSA) is 44.8 Å². The second kappa shape index (κ2) is 8.76. The SMILES string of the molecule is O=C(NCc1ccc(Oc2ccccc2)cc1)N1CC2CC1CN2C1Cc2ccc(F)cc2C1. The zero-order valence-electron chi connectivity index (χ0n) is 19.0. The zero-order chi connectivity index (χ0) is 23.1. The molecule has 6 rings (SSSR count). The van der Waals surface area contributed by atoms with Crippen LogP contribution in [0.2, 0.25) is 0 Å². The zero-order valence-corrected chi connectivity index (χ0v) is 19.0. The van der Waals surface area contributed by atoms with Gasteiger partial charge in [-0.1, -0.05) is 36.4 Å². The molecule has 3 aliphatic rings. The van der Waals surface area contributed by atoms with Gasteiger partial charge in [0.2, 0.25) is 0 Å². The fraction of sp³-hybridized carbons (Fsp3) is 0.321. The summed E-state index contributed by atoms with van der Waals surface area (Å²) in [6, 6.07) is 23.8. The van der Waals surface area contributed by atoms with Crippen LogP contribution in [0.1, 0.15) is 23.1 Å². The van der Waals surface area contributed by atoms with Crippen molar-refractivity contribution in [3.8, 4) is 11.5 Å². The van der Waals surface area contributed by atoms with E-state index in [1.54, 1.807) is 12.1 Å². The lowest BCUT2D eigenvalue weighted by Gasteiger charge is -2.37. The van der Waals surface area contributed by atoms with Crippen LogP contribution in [-0.2, 0) is 19.4 Å². The van der Waals surface area contributed by atoms with Crippen molar-refractivity contribution in [2.75, 3.05) is 13.1 Å². The molecule has 2 amide bonds. The summed E-state index contributed by atoms with van der Waals surface area (Å²) < 4.78 is 19.4. The number of carbonyl (C=O) groups excluding carboxylic acids is 1. The summed E-state index contributed by atoms with van der Waals surface area (Å²) in [4.78, 5) is 17.4. The Bertz CT molecular complexity index is 1180. The number of ether oxygens (including phenoxy) is 1. The van der Waals surface area contributed by atoms with Crippen LogP contribution in [0.3, 0.4) is 0 Å². The molecule has 5 nitrogen and oxygen atoms in total. The largest absolute Gasteiger partial charge is 0.457 e. The lowest BCUT2D eigenvalue weighted by molar-refractivity contribution is 0.106. The van der Waals surface area contributed by atoms with Gasteiger partial charge < -0.3 is 15.0 Å². The number of nitrogens with one attached hydrogen (secondary N) is 1.